The molecule has 0 heterocycles. The van der Waals surface area contributed by atoms with Crippen LogP contribution in [0, 0.1) is 0 Å². The van der Waals surface area contributed by atoms with Gasteiger partial charge in [-0.2, -0.15) is 0 Å². The summed E-state index contributed by atoms with van der Waals surface area (Å²) in [5.74, 6) is 0. The fraction of sp³-hybridized carbons (Fsp3) is 0.143. The minimum Gasteiger partial charge on any atom is -0.0966 e. The zero-order valence-electron chi connectivity index (χ0n) is 8.74. The van der Waals surface area contributed by atoms with E-state index >= 15 is 0 Å². The van der Waals surface area contributed by atoms with Gasteiger partial charge in [-0.25, -0.2) is 0 Å². The summed E-state index contributed by atoms with van der Waals surface area (Å²) in [6.45, 7) is 0. The quantitative estimate of drug-likeness (QED) is 0.665. The predicted molar refractivity (Wildman–Crippen MR) is 71.8 cm³/mol. The molecule has 0 fully saturated rings. The molecule has 0 saturated carbocycles. The van der Waals surface area contributed by atoms with Crippen molar-refractivity contribution in [3.63, 3.8) is 0 Å². The maximum Gasteiger partial charge on any atom is 0.140 e. The molecule has 0 unspecified atom stereocenters. The minimum absolute atomic E-state index is 0.654. The Morgan fingerprint density at radius 3 is 2.44 bits per heavy atom. The first kappa shape index (κ1) is 11.5. The van der Waals surface area contributed by atoms with E-state index in [2.05, 4.69) is 24.3 Å². The van der Waals surface area contributed by atoms with Gasteiger partial charge in [-0.1, -0.05) is 77.8 Å². The Kier molecular flexibility index (Phi) is 3.52. The van der Waals surface area contributed by atoms with E-state index in [1.54, 1.807) is 0 Å². The summed E-state index contributed by atoms with van der Waals surface area (Å²) < 4.78 is -0.732. The van der Waals surface area contributed by atoms with E-state index in [1.165, 1.54) is 5.56 Å². The number of benzene rings is 1. The molecule has 0 aliphatic heterocycles. The molecule has 0 radical (unpaired) electrons. The number of hydrogen-bond acceptors (Lipinski definition) is 0. The Labute approximate surface area is 106 Å². The molecule has 1 aliphatic carbocycles. The lowest BCUT2D eigenvalue weighted by molar-refractivity contribution is 0.953. The van der Waals surface area contributed by atoms with Crippen LogP contribution in [0.15, 0.2) is 60.2 Å². The fourth-order valence-electron chi connectivity index (χ4n) is 1.49. The van der Waals surface area contributed by atoms with Gasteiger partial charge in [0.05, 0.1) is 0 Å². The summed E-state index contributed by atoms with van der Waals surface area (Å²) in [6.07, 6.45) is 10.6. The number of rotatable bonds is 2. The van der Waals surface area contributed by atoms with Crippen molar-refractivity contribution in [1.29, 1.82) is 0 Å². The largest absolute Gasteiger partial charge is 0.140 e. The van der Waals surface area contributed by atoms with Gasteiger partial charge in [0.15, 0.2) is 0 Å². The van der Waals surface area contributed by atoms with Gasteiger partial charge in [-0.05, 0) is 17.2 Å². The first-order valence-electron chi connectivity index (χ1n) is 5.16. The van der Waals surface area contributed by atoms with Crippen LogP contribution in [0.4, 0.5) is 0 Å². The van der Waals surface area contributed by atoms with Gasteiger partial charge < -0.3 is 0 Å². The Hall–Kier alpha value is -0.980. The van der Waals surface area contributed by atoms with Crippen molar-refractivity contribution in [1.82, 2.24) is 0 Å². The highest BCUT2D eigenvalue weighted by Gasteiger charge is 2.20. The number of halogens is 2. The predicted octanol–water partition coefficient (Wildman–Crippen LogP) is 4.76. The van der Waals surface area contributed by atoms with Crippen LogP contribution >= 0.6 is 23.2 Å². The van der Waals surface area contributed by atoms with Crippen LogP contribution in [0.2, 0.25) is 0 Å². The van der Waals surface area contributed by atoms with Crippen LogP contribution in [0.5, 0.6) is 0 Å². The molecule has 0 spiro atoms. The van der Waals surface area contributed by atoms with E-state index in [0.717, 1.165) is 5.57 Å². The molecule has 0 saturated heterocycles. The SMILES string of the molecule is ClC1(Cl)C=CC(/C=C/c2ccccc2)=CC1. The summed E-state index contributed by atoms with van der Waals surface area (Å²) in [5, 5.41) is 0. The highest BCUT2D eigenvalue weighted by Crippen LogP contribution is 2.32. The van der Waals surface area contributed by atoms with Crippen molar-refractivity contribution in [3.05, 3.63) is 65.8 Å². The van der Waals surface area contributed by atoms with E-state index in [-0.39, 0.29) is 0 Å². The average Bonchev–Trinajstić information content (AvgIpc) is 2.29. The summed E-state index contributed by atoms with van der Waals surface area (Å²) in [5.41, 5.74) is 2.33. The molecule has 2 heteroatoms. The molecule has 1 aromatic carbocycles. The summed E-state index contributed by atoms with van der Waals surface area (Å²) >= 11 is 11.9. The smallest absolute Gasteiger partial charge is 0.0966 e. The first-order valence-corrected chi connectivity index (χ1v) is 5.92. The summed E-state index contributed by atoms with van der Waals surface area (Å²) in [7, 11) is 0. The molecule has 0 aromatic heterocycles. The molecule has 0 amide bonds. The topological polar surface area (TPSA) is 0 Å². The van der Waals surface area contributed by atoms with E-state index in [0.29, 0.717) is 6.42 Å². The Morgan fingerprint density at radius 2 is 1.81 bits per heavy atom. The molecule has 2 rings (SSSR count). The second kappa shape index (κ2) is 4.90. The van der Waals surface area contributed by atoms with Crippen LogP contribution in [-0.2, 0) is 0 Å². The van der Waals surface area contributed by atoms with Crippen molar-refractivity contribution in [2.45, 2.75) is 10.8 Å². The van der Waals surface area contributed by atoms with Crippen molar-refractivity contribution >= 4 is 29.3 Å². The minimum atomic E-state index is -0.732. The molecule has 16 heavy (non-hydrogen) atoms. The molecule has 1 aliphatic rings. The molecule has 0 nitrogen and oxygen atoms in total. The average molecular weight is 251 g/mol. The van der Waals surface area contributed by atoms with Gasteiger partial charge >= 0.3 is 0 Å². The Morgan fingerprint density at radius 1 is 1.06 bits per heavy atom. The molecule has 0 N–H and O–H groups in total. The first-order chi connectivity index (χ1) is 7.66. The normalized spacial score (nSPS) is 18.8. The van der Waals surface area contributed by atoms with Crippen LogP contribution in [0.3, 0.4) is 0 Å². The third-order valence-corrected chi connectivity index (χ3v) is 2.96. The number of allylic oxidation sites excluding steroid dienone is 5. The molecule has 0 bridgehead atoms. The monoisotopic (exact) mass is 250 g/mol. The Bertz CT molecular complexity index is 439. The van der Waals surface area contributed by atoms with Gasteiger partial charge in [0.1, 0.15) is 4.33 Å². The van der Waals surface area contributed by atoms with E-state index in [1.807, 2.05) is 36.4 Å². The van der Waals surface area contributed by atoms with Gasteiger partial charge in [-0.15, -0.1) is 0 Å². The maximum absolute atomic E-state index is 5.96. The fourth-order valence-corrected chi connectivity index (χ4v) is 1.77. The standard InChI is InChI=1S/C14H12Cl2/c15-14(16)10-8-13(9-11-14)7-6-12-4-2-1-3-5-12/h1-10H,11H2/b7-6+. The van der Waals surface area contributed by atoms with Crippen molar-refractivity contribution in [2.24, 2.45) is 0 Å². The number of hydrogen-bond donors (Lipinski definition) is 0. The second-order valence-corrected chi connectivity index (χ2v) is 5.29. The highest BCUT2D eigenvalue weighted by atomic mass is 35.5. The summed E-state index contributed by atoms with van der Waals surface area (Å²) in [6, 6.07) is 10.2. The van der Waals surface area contributed by atoms with Gasteiger partial charge in [0.25, 0.3) is 0 Å². The van der Waals surface area contributed by atoms with Crippen molar-refractivity contribution < 1.29 is 0 Å². The van der Waals surface area contributed by atoms with Crippen molar-refractivity contribution in [2.75, 3.05) is 0 Å². The van der Waals surface area contributed by atoms with Gasteiger partial charge in [0, 0.05) is 6.42 Å². The lowest BCUT2D eigenvalue weighted by atomic mass is 10.1. The molecular formula is C14H12Cl2. The summed E-state index contributed by atoms with van der Waals surface area (Å²) in [4.78, 5) is 0. The second-order valence-electron chi connectivity index (χ2n) is 3.75. The van der Waals surface area contributed by atoms with Gasteiger partial charge in [0.2, 0.25) is 0 Å². The highest BCUT2D eigenvalue weighted by molar-refractivity contribution is 6.50. The van der Waals surface area contributed by atoms with E-state index < -0.39 is 4.33 Å². The van der Waals surface area contributed by atoms with Gasteiger partial charge in [-0.3, -0.25) is 0 Å². The lowest BCUT2D eigenvalue weighted by Crippen LogP contribution is -2.09. The third-order valence-electron chi connectivity index (χ3n) is 2.40. The van der Waals surface area contributed by atoms with Crippen LogP contribution < -0.4 is 0 Å². The van der Waals surface area contributed by atoms with E-state index in [4.69, 9.17) is 23.2 Å². The van der Waals surface area contributed by atoms with Crippen molar-refractivity contribution in [3.8, 4) is 0 Å². The zero-order valence-corrected chi connectivity index (χ0v) is 10.2. The van der Waals surface area contributed by atoms with Crippen LogP contribution in [0.1, 0.15) is 12.0 Å². The van der Waals surface area contributed by atoms with Crippen LogP contribution in [-0.4, -0.2) is 4.33 Å². The molecular weight excluding hydrogens is 239 g/mol. The lowest BCUT2D eigenvalue weighted by Gasteiger charge is -2.16. The molecule has 0 atom stereocenters. The molecule has 82 valence electrons. The number of alkyl halides is 2. The Balaban J connectivity index is 2.05. The van der Waals surface area contributed by atoms with Crippen LogP contribution in [0.25, 0.3) is 6.08 Å². The zero-order chi connectivity index (χ0) is 11.4. The maximum atomic E-state index is 5.96. The molecule has 1 aromatic rings. The third kappa shape index (κ3) is 3.26. The van der Waals surface area contributed by atoms with E-state index in [9.17, 15) is 0 Å².